The van der Waals surface area contributed by atoms with Crippen molar-refractivity contribution in [1.29, 1.82) is 0 Å². The standard InChI is InChI=1S/C19H25N3O2S.ClH/c1-19(2)13-22(9-8-16(19)20)17(23)12-25-11-15-10-24-18(21-15)14-6-4-3-5-7-14;/h3-7,10,16H,8-9,11-13,20H2,1-2H3;1H. The maximum atomic E-state index is 12.4. The Bertz CT molecular complexity index is 721. The number of hydrogen-bond acceptors (Lipinski definition) is 5. The Morgan fingerprint density at radius 2 is 2.12 bits per heavy atom. The van der Waals surface area contributed by atoms with Crippen LogP contribution < -0.4 is 5.73 Å². The number of halogens is 1. The van der Waals surface area contributed by atoms with Crippen LogP contribution in [0.15, 0.2) is 41.0 Å². The molecular weight excluding hydrogens is 370 g/mol. The van der Waals surface area contributed by atoms with Crippen LogP contribution in [0.4, 0.5) is 0 Å². The van der Waals surface area contributed by atoms with Crippen molar-refractivity contribution < 1.29 is 9.21 Å². The Morgan fingerprint density at radius 1 is 1.38 bits per heavy atom. The number of nitrogens with zero attached hydrogens (tertiary/aromatic N) is 2. The molecule has 1 fully saturated rings. The van der Waals surface area contributed by atoms with E-state index in [1.54, 1.807) is 18.0 Å². The molecule has 1 aliphatic heterocycles. The quantitative estimate of drug-likeness (QED) is 0.837. The number of aromatic nitrogens is 1. The summed E-state index contributed by atoms with van der Waals surface area (Å²) in [6.45, 7) is 5.75. The summed E-state index contributed by atoms with van der Waals surface area (Å²) in [6, 6.07) is 9.97. The number of thioether (sulfide) groups is 1. The van der Waals surface area contributed by atoms with Gasteiger partial charge in [-0.25, -0.2) is 4.98 Å². The predicted octanol–water partition coefficient (Wildman–Crippen LogP) is 3.58. The smallest absolute Gasteiger partial charge is 0.232 e. The highest BCUT2D eigenvalue weighted by Crippen LogP contribution is 2.28. The summed E-state index contributed by atoms with van der Waals surface area (Å²) in [5.74, 6) is 1.92. The summed E-state index contributed by atoms with van der Waals surface area (Å²) >= 11 is 1.57. The summed E-state index contributed by atoms with van der Waals surface area (Å²) < 4.78 is 5.53. The van der Waals surface area contributed by atoms with E-state index in [0.717, 1.165) is 30.8 Å². The number of nitrogens with two attached hydrogens (primary N) is 1. The number of likely N-dealkylation sites (tertiary alicyclic amines) is 1. The lowest BCUT2D eigenvalue weighted by molar-refractivity contribution is -0.131. The third-order valence-electron chi connectivity index (χ3n) is 4.71. The van der Waals surface area contributed by atoms with Gasteiger partial charge < -0.3 is 15.1 Å². The average molecular weight is 396 g/mol. The van der Waals surface area contributed by atoms with Gasteiger partial charge in [0.15, 0.2) is 0 Å². The highest BCUT2D eigenvalue weighted by Gasteiger charge is 2.35. The zero-order valence-corrected chi connectivity index (χ0v) is 16.8. The van der Waals surface area contributed by atoms with E-state index < -0.39 is 0 Å². The number of carbonyl (C=O) groups is 1. The van der Waals surface area contributed by atoms with Crippen molar-refractivity contribution in [1.82, 2.24) is 9.88 Å². The molecule has 7 heteroatoms. The number of amides is 1. The number of carbonyl (C=O) groups excluding carboxylic acids is 1. The van der Waals surface area contributed by atoms with E-state index in [0.29, 0.717) is 17.4 Å². The lowest BCUT2D eigenvalue weighted by atomic mass is 9.80. The van der Waals surface area contributed by atoms with Gasteiger partial charge in [0.2, 0.25) is 11.8 Å². The van der Waals surface area contributed by atoms with E-state index >= 15 is 0 Å². The molecule has 5 nitrogen and oxygen atoms in total. The summed E-state index contributed by atoms with van der Waals surface area (Å²) in [4.78, 5) is 18.9. The van der Waals surface area contributed by atoms with Crippen molar-refractivity contribution in [2.45, 2.75) is 32.1 Å². The molecule has 142 valence electrons. The van der Waals surface area contributed by atoms with Crippen LogP contribution in [-0.2, 0) is 10.5 Å². The lowest BCUT2D eigenvalue weighted by Gasteiger charge is -2.42. The molecule has 1 atom stereocenters. The van der Waals surface area contributed by atoms with Crippen LogP contribution in [0, 0.1) is 5.41 Å². The van der Waals surface area contributed by atoms with Crippen molar-refractivity contribution in [3.63, 3.8) is 0 Å². The second-order valence-electron chi connectivity index (χ2n) is 7.20. The first-order valence-corrected chi connectivity index (χ1v) is 9.72. The van der Waals surface area contributed by atoms with Gasteiger partial charge in [0.1, 0.15) is 6.26 Å². The minimum atomic E-state index is -0.0186. The third-order valence-corrected chi connectivity index (χ3v) is 5.66. The van der Waals surface area contributed by atoms with Crippen LogP contribution in [-0.4, -0.2) is 40.7 Å². The Morgan fingerprint density at radius 3 is 2.81 bits per heavy atom. The van der Waals surface area contributed by atoms with Crippen molar-refractivity contribution >= 4 is 30.1 Å². The van der Waals surface area contributed by atoms with Gasteiger partial charge >= 0.3 is 0 Å². The van der Waals surface area contributed by atoms with E-state index in [-0.39, 0.29) is 29.8 Å². The zero-order valence-electron chi connectivity index (χ0n) is 15.2. The van der Waals surface area contributed by atoms with E-state index in [4.69, 9.17) is 10.2 Å². The molecule has 1 unspecified atom stereocenters. The fraction of sp³-hybridized carbons (Fsp3) is 0.474. The van der Waals surface area contributed by atoms with Crippen molar-refractivity contribution in [2.75, 3.05) is 18.8 Å². The Balaban J connectivity index is 0.00000243. The fourth-order valence-electron chi connectivity index (χ4n) is 3.01. The summed E-state index contributed by atoms with van der Waals surface area (Å²) in [5.41, 5.74) is 7.94. The van der Waals surface area contributed by atoms with E-state index in [1.165, 1.54) is 0 Å². The van der Waals surface area contributed by atoms with Crippen LogP contribution in [0.3, 0.4) is 0 Å². The molecule has 1 aromatic carbocycles. The summed E-state index contributed by atoms with van der Waals surface area (Å²) in [5, 5.41) is 0. The first kappa shape index (κ1) is 20.8. The van der Waals surface area contributed by atoms with Gasteiger partial charge in [-0.05, 0) is 24.0 Å². The first-order valence-electron chi connectivity index (χ1n) is 8.56. The van der Waals surface area contributed by atoms with Gasteiger partial charge in [0.25, 0.3) is 0 Å². The number of oxazole rings is 1. The minimum Gasteiger partial charge on any atom is -0.444 e. The first-order chi connectivity index (χ1) is 12.0. The molecule has 0 bridgehead atoms. The molecule has 2 N–H and O–H groups in total. The summed E-state index contributed by atoms with van der Waals surface area (Å²) in [7, 11) is 0. The molecule has 3 rings (SSSR count). The Hall–Kier alpha value is -1.50. The van der Waals surface area contributed by atoms with Crippen LogP contribution in [0.5, 0.6) is 0 Å². The molecule has 2 aromatic rings. The normalized spacial score (nSPS) is 19.0. The average Bonchev–Trinajstić information content (AvgIpc) is 3.07. The van der Waals surface area contributed by atoms with Gasteiger partial charge in [0.05, 0.1) is 11.4 Å². The second-order valence-corrected chi connectivity index (χ2v) is 8.19. The van der Waals surface area contributed by atoms with Gasteiger partial charge in [-0.3, -0.25) is 4.79 Å². The third kappa shape index (κ3) is 5.02. The zero-order chi connectivity index (χ0) is 17.9. The molecule has 1 amide bonds. The Labute approximate surface area is 165 Å². The maximum absolute atomic E-state index is 12.4. The number of rotatable bonds is 5. The van der Waals surface area contributed by atoms with Crippen LogP contribution in [0.1, 0.15) is 26.0 Å². The molecule has 1 saturated heterocycles. The molecule has 0 saturated carbocycles. The molecule has 2 heterocycles. The SMILES string of the molecule is CC1(C)CN(C(=O)CSCc2coc(-c3ccccc3)n2)CCC1N.Cl. The molecular formula is C19H26ClN3O2S. The van der Waals surface area contributed by atoms with Gasteiger partial charge in [-0.2, -0.15) is 0 Å². The van der Waals surface area contributed by atoms with Gasteiger partial charge in [0, 0.05) is 30.4 Å². The van der Waals surface area contributed by atoms with Gasteiger partial charge in [-0.1, -0.05) is 32.0 Å². The van der Waals surface area contributed by atoms with Crippen LogP contribution >= 0.6 is 24.2 Å². The molecule has 0 radical (unpaired) electrons. The fourth-order valence-corrected chi connectivity index (χ4v) is 3.81. The molecule has 0 aliphatic carbocycles. The molecule has 1 aromatic heterocycles. The van der Waals surface area contributed by atoms with Crippen molar-refractivity contribution in [3.8, 4) is 11.5 Å². The van der Waals surface area contributed by atoms with Crippen molar-refractivity contribution in [3.05, 3.63) is 42.3 Å². The summed E-state index contributed by atoms with van der Waals surface area (Å²) in [6.07, 6.45) is 2.54. The number of hydrogen-bond donors (Lipinski definition) is 1. The lowest BCUT2D eigenvalue weighted by Crippen LogP contribution is -2.54. The topological polar surface area (TPSA) is 72.4 Å². The van der Waals surface area contributed by atoms with Crippen molar-refractivity contribution in [2.24, 2.45) is 11.1 Å². The highest BCUT2D eigenvalue weighted by atomic mass is 35.5. The maximum Gasteiger partial charge on any atom is 0.232 e. The van der Waals surface area contributed by atoms with Crippen LogP contribution in [0.25, 0.3) is 11.5 Å². The van der Waals surface area contributed by atoms with E-state index in [2.05, 4.69) is 18.8 Å². The largest absolute Gasteiger partial charge is 0.444 e. The minimum absolute atomic E-state index is 0. The molecule has 1 aliphatic rings. The van der Waals surface area contributed by atoms with E-state index in [9.17, 15) is 4.79 Å². The number of benzene rings is 1. The molecule has 0 spiro atoms. The van der Waals surface area contributed by atoms with Gasteiger partial charge in [-0.15, -0.1) is 24.2 Å². The molecule has 26 heavy (non-hydrogen) atoms. The van der Waals surface area contributed by atoms with Crippen LogP contribution in [0.2, 0.25) is 0 Å². The monoisotopic (exact) mass is 395 g/mol. The van der Waals surface area contributed by atoms with E-state index in [1.807, 2.05) is 35.2 Å². The predicted molar refractivity (Wildman–Crippen MR) is 108 cm³/mol. The second kappa shape index (κ2) is 8.93. The Kier molecular flexibility index (Phi) is 7.15. The number of piperidine rings is 1. The highest BCUT2D eigenvalue weighted by molar-refractivity contribution is 7.99.